The van der Waals surface area contributed by atoms with Gasteiger partial charge in [0.05, 0.1) is 25.1 Å². The Balaban J connectivity index is 2.71. The molecule has 104 valence electrons. The van der Waals surface area contributed by atoms with E-state index in [2.05, 4.69) is 10.1 Å². The Morgan fingerprint density at radius 3 is 2.63 bits per heavy atom. The van der Waals surface area contributed by atoms with E-state index in [9.17, 15) is 9.59 Å². The second-order valence-corrected chi connectivity index (χ2v) is 4.11. The lowest BCUT2D eigenvalue weighted by molar-refractivity contribution is -0.144. The van der Waals surface area contributed by atoms with Gasteiger partial charge in [0.15, 0.2) is 0 Å². The van der Waals surface area contributed by atoms with E-state index >= 15 is 0 Å². The summed E-state index contributed by atoms with van der Waals surface area (Å²) in [4.78, 5) is 22.4. The van der Waals surface area contributed by atoms with Crippen molar-refractivity contribution in [3.8, 4) is 0 Å². The first-order valence-electron chi connectivity index (χ1n) is 5.73. The maximum Gasteiger partial charge on any atom is 0.339 e. The number of benzene rings is 1. The Bertz CT molecular complexity index is 450. The summed E-state index contributed by atoms with van der Waals surface area (Å²) in [6, 6.07) is 6.92. The van der Waals surface area contributed by atoms with Gasteiger partial charge in [-0.3, -0.25) is 4.79 Å². The van der Waals surface area contributed by atoms with Crippen LogP contribution in [0.2, 0.25) is 0 Å². The van der Waals surface area contributed by atoms with Crippen LogP contribution in [0, 0.1) is 0 Å². The van der Waals surface area contributed by atoms with Crippen molar-refractivity contribution in [3.05, 3.63) is 29.8 Å². The van der Waals surface area contributed by atoms with Gasteiger partial charge >= 0.3 is 11.9 Å². The maximum atomic E-state index is 11.6. The van der Waals surface area contributed by atoms with Crippen LogP contribution in [0.5, 0.6) is 0 Å². The SMILES string of the molecule is COC(=O)c1ccccc1NCC(CCl)OC(C)=O. The quantitative estimate of drug-likeness (QED) is 0.640. The van der Waals surface area contributed by atoms with Crippen molar-refractivity contribution in [2.24, 2.45) is 0 Å². The van der Waals surface area contributed by atoms with Gasteiger partial charge in [-0.1, -0.05) is 12.1 Å². The number of carbonyl (C=O) groups is 2. The number of anilines is 1. The molecule has 0 aliphatic rings. The average molecular weight is 286 g/mol. The number of methoxy groups -OCH3 is 1. The minimum atomic E-state index is -0.454. The second kappa shape index (κ2) is 7.63. The molecule has 0 spiro atoms. The Morgan fingerprint density at radius 1 is 1.37 bits per heavy atom. The van der Waals surface area contributed by atoms with Crippen molar-refractivity contribution in [2.45, 2.75) is 13.0 Å². The highest BCUT2D eigenvalue weighted by Gasteiger charge is 2.14. The zero-order valence-corrected chi connectivity index (χ0v) is 11.6. The second-order valence-electron chi connectivity index (χ2n) is 3.80. The highest BCUT2D eigenvalue weighted by Crippen LogP contribution is 2.16. The zero-order valence-electron chi connectivity index (χ0n) is 10.8. The molecule has 1 rings (SSSR count). The molecule has 0 saturated heterocycles. The lowest BCUT2D eigenvalue weighted by atomic mass is 10.1. The van der Waals surface area contributed by atoms with Crippen molar-refractivity contribution < 1.29 is 19.1 Å². The van der Waals surface area contributed by atoms with Gasteiger partial charge in [-0.05, 0) is 12.1 Å². The molecular weight excluding hydrogens is 270 g/mol. The monoisotopic (exact) mass is 285 g/mol. The number of alkyl halides is 1. The molecule has 1 unspecified atom stereocenters. The summed E-state index contributed by atoms with van der Waals surface area (Å²) in [7, 11) is 1.32. The van der Waals surface area contributed by atoms with E-state index in [1.807, 2.05) is 0 Å². The van der Waals surface area contributed by atoms with Gasteiger partial charge in [0, 0.05) is 12.6 Å². The number of para-hydroxylation sites is 1. The maximum absolute atomic E-state index is 11.6. The molecular formula is C13H16ClNO4. The number of halogens is 1. The number of hydrogen-bond acceptors (Lipinski definition) is 5. The summed E-state index contributed by atoms with van der Waals surface area (Å²) < 4.78 is 9.68. The fraction of sp³-hybridized carbons (Fsp3) is 0.385. The van der Waals surface area contributed by atoms with Crippen LogP contribution in [0.1, 0.15) is 17.3 Å². The number of hydrogen-bond donors (Lipinski definition) is 1. The van der Waals surface area contributed by atoms with Gasteiger partial charge in [0.25, 0.3) is 0 Å². The van der Waals surface area contributed by atoms with E-state index < -0.39 is 18.0 Å². The summed E-state index contributed by atoms with van der Waals surface area (Å²) in [6.07, 6.45) is -0.454. The minimum absolute atomic E-state index is 0.174. The fourth-order valence-electron chi connectivity index (χ4n) is 1.51. The van der Waals surface area contributed by atoms with Gasteiger partial charge in [-0.15, -0.1) is 11.6 Å². The predicted molar refractivity (Wildman–Crippen MR) is 72.5 cm³/mol. The van der Waals surface area contributed by atoms with Crippen LogP contribution < -0.4 is 5.32 Å². The summed E-state index contributed by atoms with van der Waals surface area (Å²) in [5, 5.41) is 3.02. The van der Waals surface area contributed by atoms with E-state index in [1.165, 1.54) is 14.0 Å². The number of esters is 2. The van der Waals surface area contributed by atoms with Crippen molar-refractivity contribution in [1.29, 1.82) is 0 Å². The molecule has 1 atom stereocenters. The molecule has 1 aromatic rings. The van der Waals surface area contributed by atoms with Crippen molar-refractivity contribution in [1.82, 2.24) is 0 Å². The molecule has 0 aliphatic heterocycles. The molecule has 0 bridgehead atoms. The molecule has 0 saturated carbocycles. The van der Waals surface area contributed by atoms with E-state index in [4.69, 9.17) is 16.3 Å². The van der Waals surface area contributed by atoms with Crippen molar-refractivity contribution >= 4 is 29.2 Å². The molecule has 0 fully saturated rings. The van der Waals surface area contributed by atoms with Crippen molar-refractivity contribution in [2.75, 3.05) is 24.9 Å². The van der Waals surface area contributed by atoms with Crippen LogP contribution in [0.4, 0.5) is 5.69 Å². The molecule has 0 aliphatic carbocycles. The molecule has 19 heavy (non-hydrogen) atoms. The molecule has 0 aromatic heterocycles. The molecule has 5 nitrogen and oxygen atoms in total. The highest BCUT2D eigenvalue weighted by molar-refractivity contribution is 6.18. The first kappa shape index (κ1) is 15.3. The summed E-state index contributed by atoms with van der Waals surface area (Å²) >= 11 is 5.70. The third-order valence-electron chi connectivity index (χ3n) is 2.36. The third-order valence-corrected chi connectivity index (χ3v) is 2.70. The van der Waals surface area contributed by atoms with E-state index in [0.717, 1.165) is 0 Å². The van der Waals surface area contributed by atoms with E-state index in [1.54, 1.807) is 24.3 Å². The molecule has 1 N–H and O–H groups in total. The highest BCUT2D eigenvalue weighted by atomic mass is 35.5. The molecule has 0 radical (unpaired) electrons. The van der Waals surface area contributed by atoms with Gasteiger partial charge in [0.2, 0.25) is 0 Å². The number of ether oxygens (including phenoxy) is 2. The standard InChI is InChI=1S/C13H16ClNO4/c1-9(16)19-10(7-14)8-15-12-6-4-3-5-11(12)13(17)18-2/h3-6,10,15H,7-8H2,1-2H3. The number of carbonyl (C=O) groups excluding carboxylic acids is 2. The molecule has 6 heteroatoms. The average Bonchev–Trinajstić information content (AvgIpc) is 2.42. The van der Waals surface area contributed by atoms with Gasteiger partial charge in [-0.25, -0.2) is 4.79 Å². The van der Waals surface area contributed by atoms with E-state index in [-0.39, 0.29) is 5.88 Å². The smallest absolute Gasteiger partial charge is 0.339 e. The van der Waals surface area contributed by atoms with Gasteiger partial charge in [0.1, 0.15) is 6.10 Å². The molecule has 1 aromatic carbocycles. The zero-order chi connectivity index (χ0) is 14.3. The Morgan fingerprint density at radius 2 is 2.05 bits per heavy atom. The normalized spacial score (nSPS) is 11.5. The van der Waals surface area contributed by atoms with Crippen LogP contribution in [-0.2, 0) is 14.3 Å². The summed E-state index contributed by atoms with van der Waals surface area (Å²) in [5.41, 5.74) is 1.03. The number of nitrogens with one attached hydrogen (secondary N) is 1. The first-order chi connectivity index (χ1) is 9.08. The molecule has 0 heterocycles. The van der Waals surface area contributed by atoms with Gasteiger partial charge < -0.3 is 14.8 Å². The topological polar surface area (TPSA) is 64.6 Å². The Labute approximate surface area is 116 Å². The molecule has 0 amide bonds. The van der Waals surface area contributed by atoms with Crippen LogP contribution in [0.25, 0.3) is 0 Å². The Hall–Kier alpha value is -1.75. The predicted octanol–water partition coefficient (Wildman–Crippen LogP) is 2.06. The Kier molecular flexibility index (Phi) is 6.15. The van der Waals surface area contributed by atoms with E-state index in [0.29, 0.717) is 17.8 Å². The minimum Gasteiger partial charge on any atom is -0.465 e. The van der Waals surface area contributed by atoms with Gasteiger partial charge in [-0.2, -0.15) is 0 Å². The fourth-order valence-corrected chi connectivity index (χ4v) is 1.68. The third kappa shape index (κ3) is 4.79. The van der Waals surface area contributed by atoms with Crippen LogP contribution in [0.15, 0.2) is 24.3 Å². The van der Waals surface area contributed by atoms with Crippen LogP contribution in [-0.4, -0.2) is 37.6 Å². The van der Waals surface area contributed by atoms with Crippen LogP contribution in [0.3, 0.4) is 0 Å². The largest absolute Gasteiger partial charge is 0.465 e. The summed E-state index contributed by atoms with van der Waals surface area (Å²) in [5.74, 6) is -0.654. The van der Waals surface area contributed by atoms with Crippen LogP contribution >= 0.6 is 11.6 Å². The van der Waals surface area contributed by atoms with Crippen molar-refractivity contribution in [3.63, 3.8) is 0 Å². The first-order valence-corrected chi connectivity index (χ1v) is 6.26. The summed E-state index contributed by atoms with van der Waals surface area (Å²) in [6.45, 7) is 1.64. The lowest BCUT2D eigenvalue weighted by Crippen LogP contribution is -2.27. The lowest BCUT2D eigenvalue weighted by Gasteiger charge is -2.17. The number of rotatable bonds is 6.